The van der Waals surface area contributed by atoms with Crippen LogP contribution in [0.15, 0.2) is 0 Å². The van der Waals surface area contributed by atoms with E-state index in [1.807, 2.05) is 0 Å². The molecule has 0 saturated carbocycles. The Kier molecular flexibility index (Phi) is 8.41. The van der Waals surface area contributed by atoms with E-state index in [9.17, 15) is 9.59 Å². The minimum absolute atomic E-state index is 0.0828. The summed E-state index contributed by atoms with van der Waals surface area (Å²) in [6, 6.07) is 0. The predicted molar refractivity (Wildman–Crippen MR) is 55.5 cm³/mol. The third-order valence-electron chi connectivity index (χ3n) is 1.55. The van der Waals surface area contributed by atoms with Gasteiger partial charge in [0.2, 0.25) is 5.91 Å². The molecule has 0 spiro atoms. The fourth-order valence-electron chi connectivity index (χ4n) is 0.846. The number of esters is 1. The van der Waals surface area contributed by atoms with E-state index in [1.54, 1.807) is 0 Å². The molecule has 0 saturated heterocycles. The van der Waals surface area contributed by atoms with Gasteiger partial charge in [-0.25, -0.2) is 0 Å². The fourth-order valence-corrected chi connectivity index (χ4v) is 0.846. The number of aliphatic hydroxyl groups is 1. The van der Waals surface area contributed by atoms with Crippen LogP contribution in [0.25, 0.3) is 0 Å². The van der Waals surface area contributed by atoms with E-state index in [2.05, 4.69) is 5.32 Å². The number of rotatable bonds is 8. The molecule has 7 heteroatoms. The highest BCUT2D eigenvalue weighted by Crippen LogP contribution is 1.93. The Bertz CT molecular complexity index is 222. The Labute approximate surface area is 93.9 Å². The van der Waals surface area contributed by atoms with Crippen LogP contribution in [0.5, 0.6) is 0 Å². The average Bonchev–Trinajstić information content (AvgIpc) is 2.25. The molecule has 0 fully saturated rings. The third kappa shape index (κ3) is 8.16. The van der Waals surface area contributed by atoms with Crippen LogP contribution in [0.3, 0.4) is 0 Å². The maximum atomic E-state index is 11.1. The van der Waals surface area contributed by atoms with Crippen molar-refractivity contribution in [3.05, 3.63) is 0 Å². The average molecular weight is 234 g/mol. The van der Waals surface area contributed by atoms with E-state index in [0.29, 0.717) is 13.2 Å². The van der Waals surface area contributed by atoms with Crippen LogP contribution in [-0.2, 0) is 19.1 Å². The van der Waals surface area contributed by atoms with Crippen LogP contribution in [-0.4, -0.2) is 56.0 Å². The molecule has 1 amide bonds. The molecular formula is C9H18N2O5. The van der Waals surface area contributed by atoms with Gasteiger partial charge in [-0.2, -0.15) is 0 Å². The van der Waals surface area contributed by atoms with Gasteiger partial charge in [0.1, 0.15) is 12.6 Å². The first kappa shape index (κ1) is 14.8. The Hall–Kier alpha value is -1.18. The summed E-state index contributed by atoms with van der Waals surface area (Å²) in [7, 11) is 0. The van der Waals surface area contributed by atoms with Crippen molar-refractivity contribution in [3.63, 3.8) is 0 Å². The van der Waals surface area contributed by atoms with Gasteiger partial charge in [-0.1, -0.05) is 0 Å². The Balaban J connectivity index is 3.74. The normalized spacial score (nSPS) is 11.9. The van der Waals surface area contributed by atoms with E-state index in [0.717, 1.165) is 0 Å². The molecule has 0 aromatic heterocycles. The van der Waals surface area contributed by atoms with Gasteiger partial charge >= 0.3 is 5.97 Å². The van der Waals surface area contributed by atoms with E-state index < -0.39 is 12.1 Å². The van der Waals surface area contributed by atoms with Gasteiger partial charge in [0.05, 0.1) is 19.8 Å². The monoisotopic (exact) mass is 234 g/mol. The first-order valence-corrected chi connectivity index (χ1v) is 4.92. The zero-order valence-corrected chi connectivity index (χ0v) is 9.27. The van der Waals surface area contributed by atoms with Crippen LogP contribution < -0.4 is 11.1 Å². The molecule has 94 valence electrons. The second kappa shape index (κ2) is 9.08. The number of ether oxygens (including phenoxy) is 2. The highest BCUT2D eigenvalue weighted by atomic mass is 16.6. The van der Waals surface area contributed by atoms with Gasteiger partial charge < -0.3 is 25.6 Å². The molecule has 1 atom stereocenters. The molecule has 0 radical (unpaired) electrons. The molecule has 1 unspecified atom stereocenters. The fraction of sp³-hybridized carbons (Fsp3) is 0.778. The maximum Gasteiger partial charge on any atom is 0.325 e. The zero-order valence-electron chi connectivity index (χ0n) is 9.27. The number of nitrogens with two attached hydrogens (primary N) is 1. The lowest BCUT2D eigenvalue weighted by molar-refractivity contribution is -0.154. The van der Waals surface area contributed by atoms with Crippen molar-refractivity contribution in [2.45, 2.75) is 13.0 Å². The molecule has 0 heterocycles. The minimum Gasteiger partial charge on any atom is -0.456 e. The number of nitrogens with one attached hydrogen (secondary N) is 1. The number of hydrogen-bond donors (Lipinski definition) is 3. The highest BCUT2D eigenvalue weighted by molar-refractivity contribution is 5.80. The van der Waals surface area contributed by atoms with Crippen molar-refractivity contribution in [1.29, 1.82) is 0 Å². The number of carbonyl (C=O) groups is 2. The van der Waals surface area contributed by atoms with Crippen molar-refractivity contribution >= 4 is 11.9 Å². The zero-order chi connectivity index (χ0) is 12.4. The summed E-state index contributed by atoms with van der Waals surface area (Å²) in [6.45, 7) is 1.51. The lowest BCUT2D eigenvalue weighted by Crippen LogP contribution is -2.34. The van der Waals surface area contributed by atoms with Crippen LogP contribution in [0.1, 0.15) is 6.92 Å². The van der Waals surface area contributed by atoms with Crippen LogP contribution in [0.2, 0.25) is 0 Å². The molecule has 7 nitrogen and oxygen atoms in total. The standard InChI is InChI=1S/C9H18N2O5/c1-7(13)11-4-9(14)16-8(5-12)6-15-3-2-10/h8,12H,2-6,10H2,1H3,(H,11,13). The molecule has 0 aromatic carbocycles. The second-order valence-corrected chi connectivity index (χ2v) is 3.07. The maximum absolute atomic E-state index is 11.1. The summed E-state index contributed by atoms with van der Waals surface area (Å²) in [6.07, 6.45) is -0.729. The van der Waals surface area contributed by atoms with E-state index in [-0.39, 0.29) is 25.7 Å². The Morgan fingerprint density at radius 3 is 2.69 bits per heavy atom. The van der Waals surface area contributed by atoms with Gasteiger partial charge in [-0.05, 0) is 0 Å². The number of aliphatic hydroxyl groups excluding tert-OH is 1. The highest BCUT2D eigenvalue weighted by Gasteiger charge is 2.13. The Morgan fingerprint density at radius 2 is 2.19 bits per heavy atom. The van der Waals surface area contributed by atoms with Gasteiger partial charge in [-0.3, -0.25) is 9.59 Å². The molecule has 0 aromatic rings. The van der Waals surface area contributed by atoms with Gasteiger partial charge in [0, 0.05) is 13.5 Å². The molecule has 0 aliphatic carbocycles. The lowest BCUT2D eigenvalue weighted by atomic mass is 10.4. The number of hydrogen-bond acceptors (Lipinski definition) is 6. The quantitative estimate of drug-likeness (QED) is 0.331. The second-order valence-electron chi connectivity index (χ2n) is 3.07. The Morgan fingerprint density at radius 1 is 1.50 bits per heavy atom. The summed E-state index contributed by atoms with van der Waals surface area (Å²) >= 11 is 0. The third-order valence-corrected chi connectivity index (χ3v) is 1.55. The molecule has 16 heavy (non-hydrogen) atoms. The van der Waals surface area contributed by atoms with E-state index in [1.165, 1.54) is 6.92 Å². The SMILES string of the molecule is CC(=O)NCC(=O)OC(CO)COCCN. The largest absolute Gasteiger partial charge is 0.456 e. The molecule has 4 N–H and O–H groups in total. The molecule has 0 aliphatic rings. The predicted octanol–water partition coefficient (Wildman–Crippen LogP) is -2.00. The summed E-state index contributed by atoms with van der Waals surface area (Å²) in [5.41, 5.74) is 5.20. The van der Waals surface area contributed by atoms with Crippen molar-refractivity contribution in [2.75, 3.05) is 32.9 Å². The van der Waals surface area contributed by atoms with Crippen LogP contribution in [0.4, 0.5) is 0 Å². The summed E-state index contributed by atoms with van der Waals surface area (Å²) in [5.74, 6) is -0.942. The van der Waals surface area contributed by atoms with E-state index in [4.69, 9.17) is 20.3 Å². The molecule has 0 rings (SSSR count). The number of carbonyl (C=O) groups excluding carboxylic acids is 2. The smallest absolute Gasteiger partial charge is 0.325 e. The van der Waals surface area contributed by atoms with Crippen molar-refractivity contribution in [1.82, 2.24) is 5.32 Å². The molecular weight excluding hydrogens is 216 g/mol. The van der Waals surface area contributed by atoms with Crippen LogP contribution in [0, 0.1) is 0 Å². The van der Waals surface area contributed by atoms with Crippen molar-refractivity contribution in [3.8, 4) is 0 Å². The minimum atomic E-state index is -0.729. The summed E-state index contributed by atoms with van der Waals surface area (Å²) < 4.78 is 9.84. The lowest BCUT2D eigenvalue weighted by Gasteiger charge is -2.15. The van der Waals surface area contributed by atoms with Gasteiger partial charge in [-0.15, -0.1) is 0 Å². The first-order chi connectivity index (χ1) is 7.60. The van der Waals surface area contributed by atoms with E-state index >= 15 is 0 Å². The first-order valence-electron chi connectivity index (χ1n) is 4.92. The summed E-state index contributed by atoms with van der Waals surface area (Å²) in [4.78, 5) is 21.6. The van der Waals surface area contributed by atoms with Crippen molar-refractivity contribution in [2.24, 2.45) is 5.73 Å². The molecule has 0 bridgehead atoms. The van der Waals surface area contributed by atoms with Gasteiger partial charge in [0.25, 0.3) is 0 Å². The molecule has 0 aliphatic heterocycles. The van der Waals surface area contributed by atoms with Gasteiger partial charge in [0.15, 0.2) is 0 Å². The topological polar surface area (TPSA) is 111 Å². The van der Waals surface area contributed by atoms with Crippen molar-refractivity contribution < 1.29 is 24.2 Å². The number of amides is 1. The van der Waals surface area contributed by atoms with Crippen LogP contribution >= 0.6 is 0 Å². The summed E-state index contributed by atoms with van der Waals surface area (Å²) in [5, 5.41) is 11.2.